The van der Waals surface area contributed by atoms with Crippen LogP contribution in [0.5, 0.6) is 0 Å². The Hall–Kier alpha value is -2.80. The minimum absolute atomic E-state index is 0.0923. The Labute approximate surface area is 162 Å². The van der Waals surface area contributed by atoms with E-state index in [0.29, 0.717) is 35.0 Å². The van der Waals surface area contributed by atoms with Crippen LogP contribution < -0.4 is 10.6 Å². The van der Waals surface area contributed by atoms with Gasteiger partial charge in [0.05, 0.1) is 5.88 Å². The summed E-state index contributed by atoms with van der Waals surface area (Å²) in [5.74, 6) is 0.563. The number of nitrogens with zero attached hydrogens (tertiary/aromatic N) is 1. The summed E-state index contributed by atoms with van der Waals surface area (Å²) in [7, 11) is 0. The molecule has 0 spiro atoms. The Bertz CT molecular complexity index is 841. The number of benzene rings is 2. The molecule has 0 saturated carbocycles. The van der Waals surface area contributed by atoms with Crippen molar-refractivity contribution >= 4 is 40.9 Å². The molecule has 2 aromatic rings. The molecule has 1 aliphatic rings. The van der Waals surface area contributed by atoms with Gasteiger partial charge in [-0.05, 0) is 30.3 Å². The zero-order valence-electron chi connectivity index (χ0n) is 15.0. The lowest BCUT2D eigenvalue weighted by Crippen LogP contribution is -2.44. The molecule has 6 nitrogen and oxygen atoms in total. The summed E-state index contributed by atoms with van der Waals surface area (Å²) in [5, 5.41) is 5.62. The maximum atomic E-state index is 12.7. The van der Waals surface area contributed by atoms with Gasteiger partial charge in [0, 0.05) is 29.1 Å². The van der Waals surface area contributed by atoms with Crippen molar-refractivity contribution in [3.63, 3.8) is 0 Å². The fourth-order valence-corrected chi connectivity index (χ4v) is 3.91. The highest BCUT2D eigenvalue weighted by Crippen LogP contribution is 2.25. The van der Waals surface area contributed by atoms with Crippen molar-refractivity contribution in [3.8, 4) is 0 Å². The molecule has 1 fully saturated rings. The van der Waals surface area contributed by atoms with Crippen LogP contribution in [0.4, 0.5) is 11.4 Å². The van der Waals surface area contributed by atoms with Crippen molar-refractivity contribution in [3.05, 3.63) is 60.2 Å². The fraction of sp³-hybridized carbons (Fsp3) is 0.250. The van der Waals surface area contributed by atoms with E-state index in [1.165, 1.54) is 0 Å². The largest absolute Gasteiger partial charge is 0.326 e. The van der Waals surface area contributed by atoms with Crippen molar-refractivity contribution in [2.45, 2.75) is 19.4 Å². The van der Waals surface area contributed by atoms with Crippen molar-refractivity contribution in [1.29, 1.82) is 0 Å². The van der Waals surface area contributed by atoms with E-state index in [0.717, 1.165) is 0 Å². The zero-order valence-corrected chi connectivity index (χ0v) is 15.8. The Balaban J connectivity index is 1.69. The molecule has 2 aromatic carbocycles. The summed E-state index contributed by atoms with van der Waals surface area (Å²) in [6.45, 7) is 1.77. The van der Waals surface area contributed by atoms with Crippen LogP contribution in [-0.4, -0.2) is 40.3 Å². The number of carbonyl (C=O) groups excluding carboxylic acids is 3. The lowest BCUT2D eigenvalue weighted by atomic mass is 10.1. The molecule has 0 aliphatic carbocycles. The molecule has 3 rings (SSSR count). The summed E-state index contributed by atoms with van der Waals surface area (Å²) in [6, 6.07) is 15.4. The van der Waals surface area contributed by atoms with E-state index in [-0.39, 0.29) is 17.7 Å². The van der Waals surface area contributed by atoms with Crippen LogP contribution >= 0.6 is 11.8 Å². The summed E-state index contributed by atoms with van der Waals surface area (Å²) in [6.07, 6.45) is 0.381. The molecular formula is C20H21N3O3S. The van der Waals surface area contributed by atoms with E-state index in [1.54, 1.807) is 60.0 Å². The van der Waals surface area contributed by atoms with E-state index < -0.39 is 6.04 Å². The lowest BCUT2D eigenvalue weighted by Gasteiger charge is -2.23. The molecule has 0 aromatic heterocycles. The average Bonchev–Trinajstić information content (AvgIpc) is 3.18. The van der Waals surface area contributed by atoms with Gasteiger partial charge in [0.1, 0.15) is 6.04 Å². The molecule has 1 heterocycles. The van der Waals surface area contributed by atoms with Crippen LogP contribution in [0.1, 0.15) is 23.7 Å². The van der Waals surface area contributed by atoms with E-state index >= 15 is 0 Å². The number of thioether (sulfide) groups is 1. The first-order chi connectivity index (χ1) is 13.1. The quantitative estimate of drug-likeness (QED) is 0.831. The smallest absolute Gasteiger partial charge is 0.255 e. The first kappa shape index (κ1) is 19.0. The maximum absolute atomic E-state index is 12.7. The predicted octanol–water partition coefficient (Wildman–Crippen LogP) is 3.19. The first-order valence-corrected chi connectivity index (χ1v) is 9.88. The highest BCUT2D eigenvalue weighted by molar-refractivity contribution is 7.99. The van der Waals surface area contributed by atoms with Gasteiger partial charge in [-0.1, -0.05) is 31.2 Å². The lowest BCUT2D eigenvalue weighted by molar-refractivity contribution is -0.119. The minimum atomic E-state index is -0.531. The summed E-state index contributed by atoms with van der Waals surface area (Å²) >= 11 is 1.55. The highest BCUT2D eigenvalue weighted by atomic mass is 32.2. The molecule has 0 bridgehead atoms. The van der Waals surface area contributed by atoms with E-state index in [4.69, 9.17) is 0 Å². The summed E-state index contributed by atoms with van der Waals surface area (Å²) in [5.41, 5.74) is 1.78. The third-order valence-corrected chi connectivity index (χ3v) is 5.21. The van der Waals surface area contributed by atoms with Gasteiger partial charge in [-0.2, -0.15) is 0 Å². The number of amides is 3. The van der Waals surface area contributed by atoms with Gasteiger partial charge in [-0.25, -0.2) is 0 Å². The number of hydrogen-bond donors (Lipinski definition) is 2. The van der Waals surface area contributed by atoms with Gasteiger partial charge in [0.25, 0.3) is 5.91 Å². The molecule has 1 aliphatic heterocycles. The summed E-state index contributed by atoms with van der Waals surface area (Å²) < 4.78 is 0. The van der Waals surface area contributed by atoms with Crippen molar-refractivity contribution in [1.82, 2.24) is 4.90 Å². The molecular weight excluding hydrogens is 362 g/mol. The standard InChI is InChI=1S/C20H21N3O3S/c1-2-18(24)21-15-9-6-10-16(11-15)22-19(25)17-12-27-13-23(17)20(26)14-7-4-3-5-8-14/h3-11,17H,2,12-13H2,1H3,(H,21,24)(H,22,25). The second kappa shape index (κ2) is 8.73. The van der Waals surface area contributed by atoms with Crippen molar-refractivity contribution < 1.29 is 14.4 Å². The molecule has 2 N–H and O–H groups in total. The van der Waals surface area contributed by atoms with Gasteiger partial charge in [-0.3, -0.25) is 14.4 Å². The first-order valence-electron chi connectivity index (χ1n) is 8.73. The Morgan fingerprint density at radius 2 is 1.74 bits per heavy atom. The van der Waals surface area contributed by atoms with E-state index in [1.807, 2.05) is 18.2 Å². The number of nitrogens with one attached hydrogen (secondary N) is 2. The molecule has 140 valence electrons. The maximum Gasteiger partial charge on any atom is 0.255 e. The molecule has 1 saturated heterocycles. The van der Waals surface area contributed by atoms with Crippen LogP contribution in [0.3, 0.4) is 0 Å². The molecule has 1 atom stereocenters. The molecule has 27 heavy (non-hydrogen) atoms. The minimum Gasteiger partial charge on any atom is -0.326 e. The Morgan fingerprint density at radius 3 is 2.44 bits per heavy atom. The van der Waals surface area contributed by atoms with E-state index in [2.05, 4.69) is 10.6 Å². The second-order valence-corrected chi connectivity index (χ2v) is 7.13. The van der Waals surface area contributed by atoms with Crippen LogP contribution in [0.15, 0.2) is 54.6 Å². The van der Waals surface area contributed by atoms with Crippen LogP contribution in [0, 0.1) is 0 Å². The number of carbonyl (C=O) groups is 3. The monoisotopic (exact) mass is 383 g/mol. The SMILES string of the molecule is CCC(=O)Nc1cccc(NC(=O)C2CSCN2C(=O)c2ccccc2)c1. The molecule has 1 unspecified atom stereocenters. The average molecular weight is 383 g/mol. The number of hydrogen-bond acceptors (Lipinski definition) is 4. The Kier molecular flexibility index (Phi) is 6.13. The van der Waals surface area contributed by atoms with Crippen LogP contribution in [0.2, 0.25) is 0 Å². The van der Waals surface area contributed by atoms with Crippen LogP contribution in [-0.2, 0) is 9.59 Å². The normalized spacial score (nSPS) is 16.0. The highest BCUT2D eigenvalue weighted by Gasteiger charge is 2.35. The van der Waals surface area contributed by atoms with Crippen LogP contribution in [0.25, 0.3) is 0 Å². The van der Waals surface area contributed by atoms with Gasteiger partial charge in [0.2, 0.25) is 11.8 Å². The van der Waals surface area contributed by atoms with E-state index in [9.17, 15) is 14.4 Å². The Morgan fingerprint density at radius 1 is 1.04 bits per heavy atom. The van der Waals surface area contributed by atoms with Gasteiger partial charge in [0.15, 0.2) is 0 Å². The van der Waals surface area contributed by atoms with Gasteiger partial charge >= 0.3 is 0 Å². The molecule has 7 heteroatoms. The second-order valence-electron chi connectivity index (χ2n) is 6.13. The predicted molar refractivity (Wildman–Crippen MR) is 108 cm³/mol. The molecule has 3 amide bonds. The van der Waals surface area contributed by atoms with Gasteiger partial charge in [-0.15, -0.1) is 11.8 Å². The van der Waals surface area contributed by atoms with Gasteiger partial charge < -0.3 is 15.5 Å². The topological polar surface area (TPSA) is 78.5 Å². The number of anilines is 2. The third-order valence-electron chi connectivity index (χ3n) is 4.20. The fourth-order valence-electron chi connectivity index (χ4n) is 2.76. The summed E-state index contributed by atoms with van der Waals surface area (Å²) in [4.78, 5) is 38.6. The zero-order chi connectivity index (χ0) is 19.2. The third kappa shape index (κ3) is 4.68. The molecule has 0 radical (unpaired) electrons. The van der Waals surface area contributed by atoms with Crippen molar-refractivity contribution in [2.24, 2.45) is 0 Å². The number of rotatable bonds is 5. The van der Waals surface area contributed by atoms with Crippen molar-refractivity contribution in [2.75, 3.05) is 22.3 Å².